The summed E-state index contributed by atoms with van der Waals surface area (Å²) in [6.45, 7) is 7.31. The first-order valence-corrected chi connectivity index (χ1v) is 8.89. The van der Waals surface area contributed by atoms with E-state index in [1.165, 1.54) is 11.7 Å². The van der Waals surface area contributed by atoms with Crippen molar-refractivity contribution in [2.75, 3.05) is 14.2 Å². The number of fused-ring (bicyclic) bond motifs is 3. The Morgan fingerprint density at radius 3 is 2.66 bits per heavy atom. The monoisotopic (exact) mass is 395 g/mol. The van der Waals surface area contributed by atoms with Gasteiger partial charge in [0.1, 0.15) is 5.75 Å². The Bertz CT molecular complexity index is 1290. The van der Waals surface area contributed by atoms with Gasteiger partial charge in [0.05, 0.1) is 41.3 Å². The molecule has 150 valence electrons. The van der Waals surface area contributed by atoms with Gasteiger partial charge in [-0.15, -0.1) is 0 Å². The maximum Gasteiger partial charge on any atom is 0.333 e. The van der Waals surface area contributed by atoms with Crippen LogP contribution >= 0.6 is 0 Å². The van der Waals surface area contributed by atoms with Crippen molar-refractivity contribution < 1.29 is 9.13 Å². The van der Waals surface area contributed by atoms with Gasteiger partial charge in [-0.2, -0.15) is 4.39 Å². The van der Waals surface area contributed by atoms with Crippen LogP contribution in [0.1, 0.15) is 19.4 Å². The van der Waals surface area contributed by atoms with Gasteiger partial charge in [-0.3, -0.25) is 24.5 Å². The molecule has 0 bridgehead atoms. The number of benzene rings is 1. The van der Waals surface area contributed by atoms with Crippen LogP contribution in [-0.2, 0) is 7.05 Å². The van der Waals surface area contributed by atoms with E-state index in [4.69, 9.17) is 10.1 Å². The van der Waals surface area contributed by atoms with E-state index in [2.05, 4.69) is 16.6 Å². The number of halogens is 1. The van der Waals surface area contributed by atoms with E-state index in [0.717, 1.165) is 0 Å². The average molecular weight is 395 g/mol. The predicted molar refractivity (Wildman–Crippen MR) is 116 cm³/mol. The molecule has 7 nitrogen and oxygen atoms in total. The van der Waals surface area contributed by atoms with Gasteiger partial charge in [-0.25, -0.2) is 4.79 Å². The summed E-state index contributed by atoms with van der Waals surface area (Å²) >= 11 is 0. The van der Waals surface area contributed by atoms with Crippen LogP contribution in [-0.4, -0.2) is 40.0 Å². The van der Waals surface area contributed by atoms with Gasteiger partial charge >= 0.3 is 5.69 Å². The van der Waals surface area contributed by atoms with E-state index in [9.17, 15) is 9.18 Å². The smallest absolute Gasteiger partial charge is 0.333 e. The van der Waals surface area contributed by atoms with E-state index in [-0.39, 0.29) is 11.3 Å². The fourth-order valence-electron chi connectivity index (χ4n) is 3.39. The summed E-state index contributed by atoms with van der Waals surface area (Å²) in [6.07, 6.45) is 3.43. The molecule has 0 fully saturated rings. The maximum absolute atomic E-state index is 13.6. The van der Waals surface area contributed by atoms with Crippen LogP contribution in [0.3, 0.4) is 0 Å². The molecule has 0 saturated carbocycles. The van der Waals surface area contributed by atoms with Crippen molar-refractivity contribution >= 4 is 44.9 Å². The Morgan fingerprint density at radius 1 is 1.41 bits per heavy atom. The third-order valence-corrected chi connectivity index (χ3v) is 5.02. The minimum atomic E-state index is -1.16. The number of rotatable bonds is 5. The maximum atomic E-state index is 13.6. The van der Waals surface area contributed by atoms with E-state index in [0.29, 0.717) is 44.7 Å². The van der Waals surface area contributed by atoms with Crippen molar-refractivity contribution in [3.8, 4) is 5.75 Å². The van der Waals surface area contributed by atoms with Crippen LogP contribution in [0.4, 0.5) is 4.39 Å². The molecule has 8 heteroatoms. The third kappa shape index (κ3) is 3.06. The third-order valence-electron chi connectivity index (χ3n) is 5.02. The van der Waals surface area contributed by atoms with E-state index >= 15 is 0 Å². The number of methoxy groups -OCH3 is 1. The number of pyridine rings is 1. The molecular formula is C21H22FN5O2. The summed E-state index contributed by atoms with van der Waals surface area (Å²) in [7, 11) is 4.78. The average Bonchev–Trinajstić information content (AvgIpc) is 2.97. The number of imidazole rings is 1. The highest BCUT2D eigenvalue weighted by molar-refractivity contribution is 6.21. The van der Waals surface area contributed by atoms with Gasteiger partial charge in [-0.05, 0) is 19.9 Å². The molecule has 3 rings (SSSR count). The van der Waals surface area contributed by atoms with E-state index in [1.807, 2.05) is 19.9 Å². The molecular weight excluding hydrogens is 373 g/mol. The van der Waals surface area contributed by atoms with Crippen LogP contribution in [0.15, 0.2) is 40.8 Å². The zero-order chi connectivity index (χ0) is 21.5. The van der Waals surface area contributed by atoms with E-state index in [1.54, 1.807) is 37.0 Å². The molecule has 0 amide bonds. The number of hydrogen-bond acceptors (Lipinski definition) is 5. The molecule has 0 aliphatic rings. The summed E-state index contributed by atoms with van der Waals surface area (Å²) < 4.78 is 22.0. The van der Waals surface area contributed by atoms with Gasteiger partial charge in [0, 0.05) is 36.7 Å². The van der Waals surface area contributed by atoms with Crippen LogP contribution in [0.25, 0.3) is 33.2 Å². The Balaban J connectivity index is 2.56. The molecule has 3 aromatic rings. The van der Waals surface area contributed by atoms with Gasteiger partial charge in [0.2, 0.25) is 5.97 Å². The number of hydrogen-bond donors (Lipinski definition) is 1. The predicted octanol–water partition coefficient (Wildman–Crippen LogP) is 3.81. The van der Waals surface area contributed by atoms with Gasteiger partial charge in [0.25, 0.3) is 0 Å². The molecule has 0 saturated heterocycles. The highest BCUT2D eigenvalue weighted by atomic mass is 19.1. The molecule has 2 aromatic heterocycles. The van der Waals surface area contributed by atoms with Gasteiger partial charge < -0.3 is 4.74 Å². The normalized spacial score (nSPS) is 12.6. The first-order valence-electron chi connectivity index (χ1n) is 8.89. The Hall–Kier alpha value is -3.55. The minimum absolute atomic E-state index is 0.108. The van der Waals surface area contributed by atoms with Crippen molar-refractivity contribution in [2.24, 2.45) is 12.0 Å². The summed E-state index contributed by atoms with van der Waals surface area (Å²) in [6, 6.07) is 3.30. The lowest BCUT2D eigenvalue weighted by Gasteiger charge is -2.13. The summed E-state index contributed by atoms with van der Waals surface area (Å²) in [5.74, 6) is -0.810. The molecule has 0 unspecified atom stereocenters. The summed E-state index contributed by atoms with van der Waals surface area (Å²) in [5.41, 5.74) is 3.09. The number of aryl methyl sites for hydroxylation is 1. The van der Waals surface area contributed by atoms with Crippen LogP contribution in [0.2, 0.25) is 0 Å². The summed E-state index contributed by atoms with van der Waals surface area (Å²) in [5, 5.41) is 7.93. The number of allylic oxidation sites excluding steroid dienone is 3. The Labute approximate surface area is 167 Å². The van der Waals surface area contributed by atoms with Crippen molar-refractivity contribution in [3.63, 3.8) is 0 Å². The van der Waals surface area contributed by atoms with Gasteiger partial charge in [-0.1, -0.05) is 12.7 Å². The molecule has 1 aromatic carbocycles. The fourth-order valence-corrected chi connectivity index (χ4v) is 3.39. The number of nitrogens with one attached hydrogen (secondary N) is 1. The van der Waals surface area contributed by atoms with Crippen molar-refractivity contribution in [3.05, 3.63) is 47.0 Å². The second-order valence-electron chi connectivity index (χ2n) is 6.51. The van der Waals surface area contributed by atoms with Gasteiger partial charge in [0.15, 0.2) is 0 Å². The molecule has 0 spiro atoms. The molecule has 1 N–H and O–H groups in total. The first-order chi connectivity index (χ1) is 13.8. The highest BCUT2D eigenvalue weighted by Crippen LogP contribution is 2.34. The number of aromatic nitrogens is 3. The second kappa shape index (κ2) is 7.46. The molecule has 0 aliphatic heterocycles. The van der Waals surface area contributed by atoms with Crippen LogP contribution < -0.4 is 10.4 Å². The lowest BCUT2D eigenvalue weighted by Crippen LogP contribution is -2.24. The van der Waals surface area contributed by atoms with Crippen LogP contribution in [0, 0.1) is 5.41 Å². The zero-order valence-electron chi connectivity index (χ0n) is 17.0. The summed E-state index contributed by atoms with van der Waals surface area (Å²) in [4.78, 5) is 21.7. The number of nitrogens with zero attached hydrogens (tertiary/aromatic N) is 4. The van der Waals surface area contributed by atoms with Crippen molar-refractivity contribution in [2.45, 2.75) is 13.8 Å². The second-order valence-corrected chi connectivity index (χ2v) is 6.51. The highest BCUT2D eigenvalue weighted by Gasteiger charge is 2.21. The molecule has 0 aliphatic carbocycles. The standard InChI is InChI=1S/C21H22FN5O2/c1-7-16(12(3)24-4)27-19-14-8-13(11(2)20(22)23)18(29-6)9-15(14)25-10-17(19)26(5)21(27)28/h7-10,23H,2H2,1,3-6H3/b16-7+,23-20?,24-12?. The fraction of sp³-hybridized carbons (Fsp3) is 0.238. The molecule has 0 radical (unpaired) electrons. The lowest BCUT2D eigenvalue weighted by atomic mass is 10.0. The molecule has 0 atom stereocenters. The quantitative estimate of drug-likeness (QED) is 0.667. The Kier molecular flexibility index (Phi) is 5.19. The number of ether oxygens (including phenoxy) is 1. The first kappa shape index (κ1) is 20.2. The minimum Gasteiger partial charge on any atom is -0.496 e. The Morgan fingerprint density at radius 2 is 2.10 bits per heavy atom. The molecule has 2 heterocycles. The van der Waals surface area contributed by atoms with Crippen molar-refractivity contribution in [1.29, 1.82) is 5.41 Å². The lowest BCUT2D eigenvalue weighted by molar-refractivity contribution is 0.414. The largest absolute Gasteiger partial charge is 0.496 e. The molecule has 29 heavy (non-hydrogen) atoms. The SMILES string of the molecule is C=C(C(=N)F)c1cc2c(cc1OC)ncc1c2n(/C(=C/C)C(C)=NC)c(=O)n1C. The van der Waals surface area contributed by atoms with Crippen LogP contribution in [0.5, 0.6) is 5.75 Å². The van der Waals surface area contributed by atoms with Crippen molar-refractivity contribution in [1.82, 2.24) is 14.1 Å². The number of aliphatic imine (C=N–C) groups is 1. The van der Waals surface area contributed by atoms with E-state index < -0.39 is 5.97 Å². The zero-order valence-corrected chi connectivity index (χ0v) is 17.0. The topological polar surface area (TPSA) is 85.3 Å².